The Morgan fingerprint density at radius 3 is 2.58 bits per heavy atom. The van der Waals surface area contributed by atoms with Crippen LogP contribution in [0.3, 0.4) is 0 Å². The number of urea groups is 1. The number of benzene rings is 1. The van der Waals surface area contributed by atoms with Crippen LogP contribution in [-0.2, 0) is 9.53 Å². The molecule has 2 amide bonds. The molecule has 1 rings (SSSR count). The summed E-state index contributed by atoms with van der Waals surface area (Å²) in [5.74, 6) is -0.142. The Bertz CT molecular complexity index is 444. The van der Waals surface area contributed by atoms with E-state index in [9.17, 15) is 9.59 Å². The molecule has 0 heterocycles. The zero-order chi connectivity index (χ0) is 14.3. The van der Waals surface area contributed by atoms with Gasteiger partial charge < -0.3 is 15.4 Å². The fourth-order valence-electron chi connectivity index (χ4n) is 1.65. The smallest absolute Gasteiger partial charge is 0.325 e. The van der Waals surface area contributed by atoms with E-state index in [0.717, 1.165) is 11.3 Å². The molecule has 0 aromatic heterocycles. The molecule has 0 aliphatic rings. The summed E-state index contributed by atoms with van der Waals surface area (Å²) >= 11 is 0. The summed E-state index contributed by atoms with van der Waals surface area (Å²) in [5.41, 5.74) is 1.80. The Hall–Kier alpha value is -2.04. The summed E-state index contributed by atoms with van der Waals surface area (Å²) in [7, 11) is 0. The summed E-state index contributed by atoms with van der Waals surface area (Å²) in [5, 5.41) is 5.19. The molecule has 0 aliphatic heterocycles. The Morgan fingerprint density at radius 2 is 1.95 bits per heavy atom. The molecule has 0 saturated heterocycles. The molecular weight excluding hydrogens is 244 g/mol. The number of hydrogen-bond acceptors (Lipinski definition) is 3. The van der Waals surface area contributed by atoms with Crippen LogP contribution in [0.25, 0.3) is 0 Å². The van der Waals surface area contributed by atoms with Crippen LogP contribution in [0.1, 0.15) is 32.3 Å². The SMILES string of the molecule is CCOC(=O)CNC(=O)Nc1ccccc1C(C)C. The second-order valence-electron chi connectivity index (χ2n) is 4.35. The molecule has 5 nitrogen and oxygen atoms in total. The lowest BCUT2D eigenvalue weighted by Gasteiger charge is -2.13. The molecule has 1 aromatic carbocycles. The van der Waals surface area contributed by atoms with Crippen molar-refractivity contribution in [2.75, 3.05) is 18.5 Å². The number of esters is 1. The van der Waals surface area contributed by atoms with Gasteiger partial charge >= 0.3 is 12.0 Å². The third kappa shape index (κ3) is 4.99. The zero-order valence-electron chi connectivity index (χ0n) is 11.5. The summed E-state index contributed by atoms with van der Waals surface area (Å²) < 4.78 is 4.72. The van der Waals surface area contributed by atoms with Crippen molar-refractivity contribution >= 4 is 17.7 Å². The fraction of sp³-hybridized carbons (Fsp3) is 0.429. The average Bonchev–Trinajstić information content (AvgIpc) is 2.37. The van der Waals surface area contributed by atoms with Gasteiger partial charge in [0.2, 0.25) is 0 Å². The molecule has 2 N–H and O–H groups in total. The number of carbonyl (C=O) groups is 2. The molecule has 0 aliphatic carbocycles. The van der Waals surface area contributed by atoms with Crippen molar-refractivity contribution in [1.29, 1.82) is 0 Å². The van der Waals surface area contributed by atoms with Gasteiger partial charge in [0.1, 0.15) is 6.54 Å². The summed E-state index contributed by atoms with van der Waals surface area (Å²) in [4.78, 5) is 22.8. The number of hydrogen-bond donors (Lipinski definition) is 2. The number of nitrogens with one attached hydrogen (secondary N) is 2. The van der Waals surface area contributed by atoms with Crippen molar-refractivity contribution in [2.45, 2.75) is 26.7 Å². The summed E-state index contributed by atoms with van der Waals surface area (Å²) in [6.45, 7) is 5.99. The van der Waals surface area contributed by atoms with Crippen LogP contribution in [0.5, 0.6) is 0 Å². The van der Waals surface area contributed by atoms with E-state index in [0.29, 0.717) is 12.5 Å². The Morgan fingerprint density at radius 1 is 1.26 bits per heavy atom. The van der Waals surface area contributed by atoms with Crippen molar-refractivity contribution in [2.24, 2.45) is 0 Å². The number of carbonyl (C=O) groups excluding carboxylic acids is 2. The molecule has 0 fully saturated rings. The van der Waals surface area contributed by atoms with E-state index in [-0.39, 0.29) is 6.54 Å². The van der Waals surface area contributed by atoms with Gasteiger partial charge in [0, 0.05) is 5.69 Å². The molecule has 0 radical (unpaired) electrons. The lowest BCUT2D eigenvalue weighted by Crippen LogP contribution is -2.34. The van der Waals surface area contributed by atoms with Gasteiger partial charge in [-0.2, -0.15) is 0 Å². The quantitative estimate of drug-likeness (QED) is 0.803. The molecule has 0 spiro atoms. The second kappa shape index (κ2) is 7.41. The molecule has 19 heavy (non-hydrogen) atoms. The largest absolute Gasteiger partial charge is 0.465 e. The predicted molar refractivity (Wildman–Crippen MR) is 74.2 cm³/mol. The fourth-order valence-corrected chi connectivity index (χ4v) is 1.65. The Kier molecular flexibility index (Phi) is 5.85. The molecule has 5 heteroatoms. The van der Waals surface area contributed by atoms with Crippen molar-refractivity contribution in [3.8, 4) is 0 Å². The first-order valence-corrected chi connectivity index (χ1v) is 6.34. The maximum atomic E-state index is 11.7. The van der Waals surface area contributed by atoms with E-state index < -0.39 is 12.0 Å². The van der Waals surface area contributed by atoms with E-state index in [1.165, 1.54) is 0 Å². The Balaban J connectivity index is 2.55. The maximum Gasteiger partial charge on any atom is 0.325 e. The number of anilines is 1. The van der Waals surface area contributed by atoms with Gasteiger partial charge in [-0.3, -0.25) is 4.79 Å². The highest BCUT2D eigenvalue weighted by molar-refractivity contribution is 5.92. The van der Waals surface area contributed by atoms with Crippen LogP contribution in [0.2, 0.25) is 0 Å². The van der Waals surface area contributed by atoms with Crippen molar-refractivity contribution < 1.29 is 14.3 Å². The van der Waals surface area contributed by atoms with Gasteiger partial charge in [-0.05, 0) is 24.5 Å². The van der Waals surface area contributed by atoms with Gasteiger partial charge in [-0.1, -0.05) is 32.0 Å². The van der Waals surface area contributed by atoms with Crippen LogP contribution in [0.4, 0.5) is 10.5 Å². The number of amides is 2. The Labute approximate surface area is 113 Å². The van der Waals surface area contributed by atoms with Gasteiger partial charge in [-0.15, -0.1) is 0 Å². The zero-order valence-corrected chi connectivity index (χ0v) is 11.5. The standard InChI is InChI=1S/C14H20N2O3/c1-4-19-13(17)9-15-14(18)16-12-8-6-5-7-11(12)10(2)3/h5-8,10H,4,9H2,1-3H3,(H2,15,16,18). The first-order chi connectivity index (χ1) is 9.04. The van der Waals surface area contributed by atoms with Crippen molar-refractivity contribution in [3.63, 3.8) is 0 Å². The van der Waals surface area contributed by atoms with Gasteiger partial charge in [-0.25, -0.2) is 4.79 Å². The minimum atomic E-state index is -0.449. The highest BCUT2D eigenvalue weighted by atomic mass is 16.5. The summed E-state index contributed by atoms with van der Waals surface area (Å²) in [6, 6.07) is 7.16. The third-order valence-electron chi connectivity index (χ3n) is 2.53. The van der Waals surface area contributed by atoms with Crippen LogP contribution in [0, 0.1) is 0 Å². The van der Waals surface area contributed by atoms with Gasteiger partial charge in [0.25, 0.3) is 0 Å². The lowest BCUT2D eigenvalue weighted by atomic mass is 10.0. The highest BCUT2D eigenvalue weighted by Gasteiger charge is 2.10. The summed E-state index contributed by atoms with van der Waals surface area (Å²) in [6.07, 6.45) is 0. The minimum Gasteiger partial charge on any atom is -0.465 e. The molecular formula is C14H20N2O3. The molecule has 0 saturated carbocycles. The molecule has 0 unspecified atom stereocenters. The molecule has 0 bridgehead atoms. The molecule has 104 valence electrons. The minimum absolute atomic E-state index is 0.135. The normalized spacial score (nSPS) is 10.1. The van der Waals surface area contributed by atoms with E-state index in [1.807, 2.05) is 24.3 Å². The van der Waals surface area contributed by atoms with E-state index in [1.54, 1.807) is 6.92 Å². The van der Waals surface area contributed by atoms with Gasteiger partial charge in [0.05, 0.1) is 6.61 Å². The van der Waals surface area contributed by atoms with Crippen LogP contribution in [-0.4, -0.2) is 25.2 Å². The number of rotatable bonds is 5. The lowest BCUT2D eigenvalue weighted by molar-refractivity contribution is -0.141. The van der Waals surface area contributed by atoms with E-state index >= 15 is 0 Å². The molecule has 1 aromatic rings. The van der Waals surface area contributed by atoms with Crippen molar-refractivity contribution in [1.82, 2.24) is 5.32 Å². The topological polar surface area (TPSA) is 67.4 Å². The second-order valence-corrected chi connectivity index (χ2v) is 4.35. The van der Waals surface area contributed by atoms with Crippen LogP contribution < -0.4 is 10.6 Å². The predicted octanol–water partition coefficient (Wildman–Crippen LogP) is 2.49. The number of para-hydroxylation sites is 1. The maximum absolute atomic E-state index is 11.7. The average molecular weight is 264 g/mol. The highest BCUT2D eigenvalue weighted by Crippen LogP contribution is 2.23. The van der Waals surface area contributed by atoms with Crippen molar-refractivity contribution in [3.05, 3.63) is 29.8 Å². The third-order valence-corrected chi connectivity index (χ3v) is 2.53. The van der Waals surface area contributed by atoms with E-state index in [2.05, 4.69) is 24.5 Å². The first kappa shape index (κ1) is 15.0. The number of ether oxygens (including phenoxy) is 1. The van der Waals surface area contributed by atoms with Gasteiger partial charge in [0.15, 0.2) is 0 Å². The van der Waals surface area contributed by atoms with Crippen LogP contribution in [0.15, 0.2) is 24.3 Å². The molecule has 0 atom stereocenters. The van der Waals surface area contributed by atoms with Crippen LogP contribution >= 0.6 is 0 Å². The monoisotopic (exact) mass is 264 g/mol. The first-order valence-electron chi connectivity index (χ1n) is 6.34. The van der Waals surface area contributed by atoms with E-state index in [4.69, 9.17) is 4.74 Å².